The van der Waals surface area contributed by atoms with Crippen LogP contribution in [0.5, 0.6) is 0 Å². The van der Waals surface area contributed by atoms with Crippen molar-refractivity contribution in [2.75, 3.05) is 27.3 Å². The van der Waals surface area contributed by atoms with Gasteiger partial charge in [0, 0.05) is 17.6 Å². The summed E-state index contributed by atoms with van der Waals surface area (Å²) < 4.78 is 15.0. The SMILES string of the molecule is COC(=O)C1CCN(C(=O)OC(C)(C)C)C2(CC2)C1.COC(=O)C1CCNC2(CC2)C1.Cl. The first-order valence-electron chi connectivity index (χ1n) is 11.4. The summed E-state index contributed by atoms with van der Waals surface area (Å²) in [7, 11) is 2.89. The van der Waals surface area contributed by atoms with Crippen LogP contribution in [0.4, 0.5) is 4.79 Å². The second-order valence-corrected chi connectivity index (χ2v) is 10.5. The van der Waals surface area contributed by atoms with Crippen molar-refractivity contribution < 1.29 is 28.6 Å². The third kappa shape index (κ3) is 6.50. The van der Waals surface area contributed by atoms with Crippen molar-refractivity contribution >= 4 is 30.4 Å². The van der Waals surface area contributed by atoms with Crippen molar-refractivity contribution in [3.63, 3.8) is 0 Å². The van der Waals surface area contributed by atoms with Gasteiger partial charge in [-0.3, -0.25) is 9.59 Å². The molecular formula is C23H39ClN2O6. The Labute approximate surface area is 197 Å². The molecule has 1 N–H and O–H groups in total. The molecule has 4 aliphatic rings. The van der Waals surface area contributed by atoms with Gasteiger partial charge in [0.15, 0.2) is 0 Å². The van der Waals surface area contributed by atoms with Gasteiger partial charge in [0.2, 0.25) is 0 Å². The highest BCUT2D eigenvalue weighted by Crippen LogP contribution is 2.50. The number of hydrogen-bond donors (Lipinski definition) is 1. The second-order valence-electron chi connectivity index (χ2n) is 10.5. The molecule has 4 rings (SSSR count). The number of nitrogens with zero attached hydrogens (tertiary/aromatic N) is 1. The molecule has 2 saturated carbocycles. The van der Waals surface area contributed by atoms with Gasteiger partial charge in [0.05, 0.1) is 26.1 Å². The molecule has 9 heteroatoms. The second kappa shape index (κ2) is 10.2. The summed E-state index contributed by atoms with van der Waals surface area (Å²) in [5.41, 5.74) is -0.303. The molecule has 1 amide bonds. The van der Waals surface area contributed by atoms with Crippen LogP contribution < -0.4 is 5.32 Å². The van der Waals surface area contributed by atoms with Crippen LogP contribution in [0.25, 0.3) is 0 Å². The number of ether oxygens (including phenoxy) is 3. The van der Waals surface area contributed by atoms with Crippen LogP contribution in [0.3, 0.4) is 0 Å². The molecule has 2 atom stereocenters. The van der Waals surface area contributed by atoms with Crippen LogP contribution in [-0.4, -0.2) is 66.9 Å². The predicted molar refractivity (Wildman–Crippen MR) is 122 cm³/mol. The molecular weight excluding hydrogens is 436 g/mol. The maximum absolute atomic E-state index is 12.2. The molecule has 2 heterocycles. The monoisotopic (exact) mass is 474 g/mol. The van der Waals surface area contributed by atoms with Gasteiger partial charge in [-0.25, -0.2) is 4.79 Å². The first-order chi connectivity index (χ1) is 14.5. The number of hydrogen-bond acceptors (Lipinski definition) is 7. The molecule has 0 radical (unpaired) electrons. The van der Waals surface area contributed by atoms with Gasteiger partial charge in [-0.1, -0.05) is 0 Å². The van der Waals surface area contributed by atoms with Gasteiger partial charge in [-0.15, -0.1) is 12.4 Å². The smallest absolute Gasteiger partial charge is 0.410 e. The van der Waals surface area contributed by atoms with Crippen LogP contribution in [0.2, 0.25) is 0 Å². The lowest BCUT2D eigenvalue weighted by Gasteiger charge is -2.39. The van der Waals surface area contributed by atoms with E-state index in [9.17, 15) is 14.4 Å². The summed E-state index contributed by atoms with van der Waals surface area (Å²) in [6, 6.07) is 0. The van der Waals surface area contributed by atoms with E-state index in [0.717, 1.165) is 32.2 Å². The van der Waals surface area contributed by atoms with E-state index in [2.05, 4.69) is 5.32 Å². The number of piperidine rings is 2. The molecule has 8 nitrogen and oxygen atoms in total. The fourth-order valence-electron chi connectivity index (χ4n) is 4.84. The van der Waals surface area contributed by atoms with E-state index in [1.807, 2.05) is 25.7 Å². The highest BCUT2D eigenvalue weighted by atomic mass is 35.5. The van der Waals surface area contributed by atoms with Gasteiger partial charge in [-0.2, -0.15) is 0 Å². The number of esters is 2. The van der Waals surface area contributed by atoms with Gasteiger partial charge >= 0.3 is 18.0 Å². The molecule has 2 spiro atoms. The highest BCUT2D eigenvalue weighted by Gasteiger charge is 2.55. The molecule has 0 aromatic carbocycles. The number of likely N-dealkylation sites (tertiary alicyclic amines) is 1. The van der Waals surface area contributed by atoms with Crippen molar-refractivity contribution in [3.05, 3.63) is 0 Å². The van der Waals surface area contributed by atoms with Crippen molar-refractivity contribution in [1.82, 2.24) is 10.2 Å². The van der Waals surface area contributed by atoms with Gasteiger partial charge < -0.3 is 24.4 Å². The van der Waals surface area contributed by atoms with Gasteiger partial charge in [0.25, 0.3) is 0 Å². The maximum atomic E-state index is 12.2. The molecule has 2 unspecified atom stereocenters. The lowest BCUT2D eigenvalue weighted by molar-refractivity contribution is -0.148. The largest absolute Gasteiger partial charge is 0.469 e. The summed E-state index contributed by atoms with van der Waals surface area (Å²) in [5.74, 6) is -0.108. The predicted octanol–water partition coefficient (Wildman–Crippen LogP) is 3.45. The molecule has 0 bridgehead atoms. The zero-order chi connectivity index (χ0) is 22.9. The van der Waals surface area contributed by atoms with E-state index in [1.54, 1.807) is 0 Å². The number of carbonyl (C=O) groups is 3. The number of rotatable bonds is 2. The first-order valence-corrected chi connectivity index (χ1v) is 11.4. The molecule has 0 aromatic rings. The summed E-state index contributed by atoms with van der Waals surface area (Å²) in [6.45, 7) is 7.15. The van der Waals surface area contributed by atoms with E-state index >= 15 is 0 Å². The Morgan fingerprint density at radius 3 is 1.94 bits per heavy atom. The molecule has 2 aliphatic carbocycles. The standard InChI is InChI=1S/C14H23NO4.C9H15NO2.ClH/c1-13(2,3)19-12(17)15-8-5-10(11(16)18-4)9-14(15)6-7-14;1-12-8(11)7-2-5-10-9(6-7)3-4-9;/h10H,5-9H2,1-4H3;7,10H,2-6H2,1H3;1H. The fourth-order valence-corrected chi connectivity index (χ4v) is 4.84. The third-order valence-electron chi connectivity index (χ3n) is 6.89. The molecule has 184 valence electrons. The minimum absolute atomic E-state index is 0. The van der Waals surface area contributed by atoms with E-state index < -0.39 is 5.60 Å². The van der Waals surface area contributed by atoms with Crippen LogP contribution >= 0.6 is 12.4 Å². The Hall–Kier alpha value is -1.54. The fraction of sp³-hybridized carbons (Fsp3) is 0.870. The van der Waals surface area contributed by atoms with E-state index in [1.165, 1.54) is 27.1 Å². The minimum atomic E-state index is -0.480. The Morgan fingerprint density at radius 1 is 0.906 bits per heavy atom. The topological polar surface area (TPSA) is 94.2 Å². The number of amides is 1. The highest BCUT2D eigenvalue weighted by molar-refractivity contribution is 5.85. The van der Waals surface area contributed by atoms with Crippen molar-refractivity contribution in [2.45, 2.75) is 88.8 Å². The molecule has 32 heavy (non-hydrogen) atoms. The Kier molecular flexibility index (Phi) is 8.48. The normalized spacial score (nSPS) is 26.7. The quantitative estimate of drug-likeness (QED) is 0.483. The lowest BCUT2D eigenvalue weighted by Crippen LogP contribution is -2.50. The zero-order valence-electron chi connectivity index (χ0n) is 20.0. The molecule has 4 fully saturated rings. The number of methoxy groups -OCH3 is 2. The third-order valence-corrected chi connectivity index (χ3v) is 6.89. The van der Waals surface area contributed by atoms with Crippen molar-refractivity contribution in [3.8, 4) is 0 Å². The average molecular weight is 475 g/mol. The number of nitrogens with one attached hydrogen (secondary N) is 1. The van der Waals surface area contributed by atoms with Crippen LogP contribution in [0.1, 0.15) is 72.1 Å². The Balaban J connectivity index is 0.000000241. The Bertz CT molecular complexity index is 699. The van der Waals surface area contributed by atoms with Crippen LogP contribution in [-0.2, 0) is 23.8 Å². The van der Waals surface area contributed by atoms with E-state index in [0.29, 0.717) is 24.9 Å². The molecule has 0 aromatic heterocycles. The molecule has 2 aliphatic heterocycles. The van der Waals surface area contributed by atoms with Crippen LogP contribution in [0, 0.1) is 11.8 Å². The first kappa shape index (κ1) is 26.7. The zero-order valence-corrected chi connectivity index (χ0v) is 20.8. The summed E-state index contributed by atoms with van der Waals surface area (Å²) in [6.07, 6.45) is 7.43. The number of halogens is 1. The minimum Gasteiger partial charge on any atom is -0.469 e. The van der Waals surface area contributed by atoms with Gasteiger partial charge in [0.1, 0.15) is 5.60 Å². The Morgan fingerprint density at radius 2 is 1.47 bits per heavy atom. The maximum Gasteiger partial charge on any atom is 0.410 e. The lowest BCUT2D eigenvalue weighted by atomic mass is 9.89. The van der Waals surface area contributed by atoms with E-state index in [4.69, 9.17) is 14.2 Å². The van der Waals surface area contributed by atoms with Gasteiger partial charge in [-0.05, 0) is 78.7 Å². The average Bonchev–Trinajstić information content (AvgIpc) is 3.65. The van der Waals surface area contributed by atoms with Crippen LogP contribution in [0.15, 0.2) is 0 Å². The van der Waals surface area contributed by atoms with Crippen molar-refractivity contribution in [1.29, 1.82) is 0 Å². The number of carbonyl (C=O) groups excluding carboxylic acids is 3. The summed E-state index contributed by atoms with van der Waals surface area (Å²) in [5, 5.41) is 3.47. The summed E-state index contributed by atoms with van der Waals surface area (Å²) >= 11 is 0. The van der Waals surface area contributed by atoms with E-state index in [-0.39, 0.29) is 47.8 Å². The molecule has 2 saturated heterocycles. The summed E-state index contributed by atoms with van der Waals surface area (Å²) in [4.78, 5) is 36.9. The van der Waals surface area contributed by atoms with Crippen molar-refractivity contribution in [2.24, 2.45) is 11.8 Å².